The molecule has 10 heteroatoms. The molecule has 0 aromatic heterocycles. The number of hydrogen-bond acceptors (Lipinski definition) is 6. The zero-order valence-electron chi connectivity index (χ0n) is 20.4. The Morgan fingerprint density at radius 1 is 0.909 bits per heavy atom. The highest BCUT2D eigenvalue weighted by Gasteiger charge is 2.33. The molecule has 0 aliphatic rings. The molecule has 3 N–H and O–H groups in total. The third-order valence-electron chi connectivity index (χ3n) is 5.39. The van der Waals surface area contributed by atoms with Gasteiger partial charge < -0.3 is 14.9 Å². The SMILES string of the molecule is C=C(C(=O)OCC(CC)CCCC)C(CC)CCCCC.O=C(O)CC(C(=O)O)S(=O)(=O)O. The summed E-state index contributed by atoms with van der Waals surface area (Å²) in [5, 5.41) is 13.9. The zero-order chi connectivity index (χ0) is 26.0. The maximum Gasteiger partial charge on any atom is 0.333 e. The molecule has 0 bridgehead atoms. The summed E-state index contributed by atoms with van der Waals surface area (Å²) in [5.74, 6) is -2.88. The maximum atomic E-state index is 12.1. The van der Waals surface area contributed by atoms with Crippen molar-refractivity contribution in [2.24, 2.45) is 11.8 Å². The lowest BCUT2D eigenvalue weighted by atomic mass is 9.91. The van der Waals surface area contributed by atoms with Crippen molar-refractivity contribution in [1.29, 1.82) is 0 Å². The first-order valence-corrected chi connectivity index (χ1v) is 13.1. The molecule has 0 radical (unpaired) electrons. The number of carbonyl (C=O) groups excluding carboxylic acids is 1. The molecule has 33 heavy (non-hydrogen) atoms. The van der Waals surface area contributed by atoms with Gasteiger partial charge in [-0.25, -0.2) is 4.79 Å². The highest BCUT2D eigenvalue weighted by Crippen LogP contribution is 2.23. The normalized spacial score (nSPS) is 13.7. The quantitative estimate of drug-likeness (QED) is 0.113. The van der Waals surface area contributed by atoms with Crippen LogP contribution in [0.15, 0.2) is 12.2 Å². The van der Waals surface area contributed by atoms with E-state index in [1.54, 1.807) is 0 Å². The Balaban J connectivity index is 0. The number of esters is 1. The van der Waals surface area contributed by atoms with E-state index in [1.807, 2.05) is 0 Å². The largest absolute Gasteiger partial charge is 0.481 e. The number of aliphatic carboxylic acids is 2. The van der Waals surface area contributed by atoms with Crippen LogP contribution in [0.3, 0.4) is 0 Å². The van der Waals surface area contributed by atoms with Crippen molar-refractivity contribution >= 4 is 28.0 Å². The number of carboxylic acid groups (broad SMARTS) is 2. The summed E-state index contributed by atoms with van der Waals surface area (Å²) < 4.78 is 34.2. The van der Waals surface area contributed by atoms with Crippen molar-refractivity contribution in [3.63, 3.8) is 0 Å². The first-order chi connectivity index (χ1) is 15.3. The summed E-state index contributed by atoms with van der Waals surface area (Å²) in [6.07, 6.45) is 9.14. The van der Waals surface area contributed by atoms with Gasteiger partial charge in [0.15, 0.2) is 5.25 Å². The Morgan fingerprint density at radius 3 is 1.85 bits per heavy atom. The van der Waals surface area contributed by atoms with E-state index in [0.29, 0.717) is 24.0 Å². The van der Waals surface area contributed by atoms with Gasteiger partial charge in [-0.2, -0.15) is 8.42 Å². The van der Waals surface area contributed by atoms with E-state index in [2.05, 4.69) is 34.3 Å². The van der Waals surface area contributed by atoms with E-state index in [4.69, 9.17) is 19.5 Å². The fourth-order valence-electron chi connectivity index (χ4n) is 3.10. The molecule has 0 fully saturated rings. The average Bonchev–Trinajstić information content (AvgIpc) is 2.74. The van der Waals surface area contributed by atoms with E-state index in [-0.39, 0.29) is 5.97 Å². The van der Waals surface area contributed by atoms with E-state index in [9.17, 15) is 22.8 Å². The minimum absolute atomic E-state index is 0.173. The number of rotatable bonds is 17. The first kappa shape index (κ1) is 33.2. The molecule has 0 heterocycles. The molecule has 0 saturated carbocycles. The van der Waals surface area contributed by atoms with Crippen molar-refractivity contribution in [2.75, 3.05) is 6.61 Å². The second-order valence-electron chi connectivity index (χ2n) is 8.08. The molecule has 3 atom stereocenters. The minimum Gasteiger partial charge on any atom is -0.481 e. The van der Waals surface area contributed by atoms with Crippen LogP contribution in [0.25, 0.3) is 0 Å². The van der Waals surface area contributed by atoms with Crippen molar-refractivity contribution in [1.82, 2.24) is 0 Å². The maximum absolute atomic E-state index is 12.1. The third kappa shape index (κ3) is 16.3. The standard InChI is InChI=1S/C19H36O2.C4H6O7S/c1-6-10-12-14-18(9-4)16(5)19(20)21-15-17(8-3)13-11-7-2;5-3(6)1-2(4(7)8)12(9,10)11/h17-18H,5-15H2,1-4H3;2H,1H2,(H,5,6)(H,7,8)(H,9,10,11). The van der Waals surface area contributed by atoms with Crippen LogP contribution >= 0.6 is 0 Å². The van der Waals surface area contributed by atoms with Crippen LogP contribution in [0.4, 0.5) is 0 Å². The molecule has 194 valence electrons. The third-order valence-corrected chi connectivity index (χ3v) is 6.48. The van der Waals surface area contributed by atoms with Crippen molar-refractivity contribution in [2.45, 2.75) is 97.2 Å². The molecular formula is C23H42O9S. The lowest BCUT2D eigenvalue weighted by Crippen LogP contribution is -2.31. The topological polar surface area (TPSA) is 155 Å². The Morgan fingerprint density at radius 2 is 1.48 bits per heavy atom. The zero-order valence-corrected chi connectivity index (χ0v) is 21.2. The van der Waals surface area contributed by atoms with Gasteiger partial charge in [-0.05, 0) is 31.1 Å². The minimum atomic E-state index is -4.84. The second-order valence-corrected chi connectivity index (χ2v) is 9.68. The molecule has 0 aromatic rings. The summed E-state index contributed by atoms with van der Waals surface area (Å²) in [4.78, 5) is 32.1. The molecule has 0 amide bonds. The van der Waals surface area contributed by atoms with Gasteiger partial charge in [-0.15, -0.1) is 0 Å². The lowest BCUT2D eigenvalue weighted by Gasteiger charge is -2.19. The van der Waals surface area contributed by atoms with Crippen molar-refractivity contribution < 1.29 is 42.3 Å². The monoisotopic (exact) mass is 494 g/mol. The number of carbonyl (C=O) groups is 3. The van der Waals surface area contributed by atoms with Crippen LogP contribution in [0.5, 0.6) is 0 Å². The highest BCUT2D eigenvalue weighted by molar-refractivity contribution is 7.87. The van der Waals surface area contributed by atoms with Crippen LogP contribution in [-0.2, 0) is 29.2 Å². The first-order valence-electron chi connectivity index (χ1n) is 11.6. The Bertz CT molecular complexity index is 701. The molecule has 0 spiro atoms. The van der Waals surface area contributed by atoms with E-state index < -0.39 is 33.7 Å². The molecule has 0 aliphatic carbocycles. The average molecular weight is 495 g/mol. The van der Waals surface area contributed by atoms with E-state index in [0.717, 1.165) is 25.7 Å². The second kappa shape index (κ2) is 18.5. The van der Waals surface area contributed by atoms with Crippen molar-refractivity contribution in [3.05, 3.63) is 12.2 Å². The van der Waals surface area contributed by atoms with Gasteiger partial charge in [0.25, 0.3) is 10.1 Å². The molecule has 9 nitrogen and oxygen atoms in total. The molecule has 3 unspecified atom stereocenters. The predicted octanol–water partition coefficient (Wildman–Crippen LogP) is 4.71. The number of ether oxygens (including phenoxy) is 1. The molecular weight excluding hydrogens is 452 g/mol. The summed E-state index contributed by atoms with van der Waals surface area (Å²) in [7, 11) is -4.84. The Kier molecular flexibility index (Phi) is 18.6. The van der Waals surface area contributed by atoms with Gasteiger partial charge in [0.1, 0.15) is 0 Å². The smallest absolute Gasteiger partial charge is 0.333 e. The Hall–Kier alpha value is -1.94. The van der Waals surface area contributed by atoms with Gasteiger partial charge in [0, 0.05) is 5.57 Å². The van der Waals surface area contributed by atoms with Crippen LogP contribution in [0.1, 0.15) is 91.9 Å². The van der Waals surface area contributed by atoms with Gasteiger partial charge >= 0.3 is 17.9 Å². The Labute approximate surface area is 198 Å². The fraction of sp³-hybridized carbons (Fsp3) is 0.783. The van der Waals surface area contributed by atoms with Gasteiger partial charge in [0.05, 0.1) is 13.0 Å². The number of unbranched alkanes of at least 4 members (excludes halogenated alkanes) is 3. The van der Waals surface area contributed by atoms with Gasteiger partial charge in [-0.1, -0.05) is 72.8 Å². The predicted molar refractivity (Wildman–Crippen MR) is 127 cm³/mol. The highest BCUT2D eigenvalue weighted by atomic mass is 32.2. The molecule has 0 aromatic carbocycles. The van der Waals surface area contributed by atoms with Crippen molar-refractivity contribution in [3.8, 4) is 0 Å². The number of carboxylic acids is 2. The summed E-state index contributed by atoms with van der Waals surface area (Å²) in [5.41, 5.74) is 0.680. The molecule has 0 rings (SSSR count). The molecule has 0 aliphatic heterocycles. The summed E-state index contributed by atoms with van der Waals surface area (Å²) >= 11 is 0. The summed E-state index contributed by atoms with van der Waals surface area (Å²) in [6, 6.07) is 0. The van der Waals surface area contributed by atoms with Crippen LogP contribution < -0.4 is 0 Å². The van der Waals surface area contributed by atoms with Crippen LogP contribution in [0.2, 0.25) is 0 Å². The molecule has 0 saturated heterocycles. The van der Waals surface area contributed by atoms with E-state index in [1.165, 1.54) is 32.1 Å². The van der Waals surface area contributed by atoms with Crippen LogP contribution in [-0.4, -0.2) is 52.9 Å². The van der Waals surface area contributed by atoms with Gasteiger partial charge in [-0.3, -0.25) is 14.1 Å². The van der Waals surface area contributed by atoms with Crippen LogP contribution in [0, 0.1) is 11.8 Å². The fourth-order valence-corrected chi connectivity index (χ4v) is 3.70. The van der Waals surface area contributed by atoms with E-state index >= 15 is 0 Å². The number of hydrogen-bond donors (Lipinski definition) is 3. The lowest BCUT2D eigenvalue weighted by molar-refractivity contribution is -0.143. The van der Waals surface area contributed by atoms with Gasteiger partial charge in [0.2, 0.25) is 0 Å². The summed E-state index contributed by atoms with van der Waals surface area (Å²) in [6.45, 7) is 13.2.